The van der Waals surface area contributed by atoms with Gasteiger partial charge in [0.15, 0.2) is 0 Å². The van der Waals surface area contributed by atoms with Crippen LogP contribution in [0.25, 0.3) is 0 Å². The van der Waals surface area contributed by atoms with E-state index in [9.17, 15) is 4.79 Å². The summed E-state index contributed by atoms with van der Waals surface area (Å²) in [6.07, 6.45) is 4.05. The van der Waals surface area contributed by atoms with Gasteiger partial charge in [0.05, 0.1) is 6.42 Å². The lowest BCUT2D eigenvalue weighted by atomic mass is 10.0. The first kappa shape index (κ1) is 11.5. The molecule has 0 bridgehead atoms. The zero-order chi connectivity index (χ0) is 10.4. The summed E-state index contributed by atoms with van der Waals surface area (Å²) in [5.41, 5.74) is 0. The molecule has 1 atom stereocenters. The second-order valence-electron chi connectivity index (χ2n) is 3.98. The lowest BCUT2D eigenvalue weighted by molar-refractivity contribution is -0.136. The van der Waals surface area contributed by atoms with Gasteiger partial charge in [0.25, 0.3) is 0 Å². The summed E-state index contributed by atoms with van der Waals surface area (Å²) in [5, 5.41) is 11.6. The van der Waals surface area contributed by atoms with Crippen LogP contribution in [0.15, 0.2) is 0 Å². The highest BCUT2D eigenvalue weighted by Gasteiger charge is 2.17. The number of hydrogen-bond acceptors (Lipinski definition) is 3. The second kappa shape index (κ2) is 5.98. The van der Waals surface area contributed by atoms with E-state index in [4.69, 9.17) is 5.11 Å². The maximum atomic E-state index is 10.3. The molecule has 1 rings (SSSR count). The molecule has 1 fully saturated rings. The van der Waals surface area contributed by atoms with Crippen molar-refractivity contribution >= 4 is 5.97 Å². The molecule has 1 saturated heterocycles. The number of piperidine rings is 1. The van der Waals surface area contributed by atoms with Gasteiger partial charge in [0.1, 0.15) is 0 Å². The minimum Gasteiger partial charge on any atom is -0.481 e. The van der Waals surface area contributed by atoms with Gasteiger partial charge in [-0.3, -0.25) is 4.79 Å². The molecule has 0 radical (unpaired) electrons. The SMILES string of the molecule is CN1CCCCC1CNCCC(=O)O. The molecule has 2 N–H and O–H groups in total. The van der Waals surface area contributed by atoms with Gasteiger partial charge in [-0.05, 0) is 26.4 Å². The number of carboxylic acids is 1. The number of aliphatic carboxylic acids is 1. The van der Waals surface area contributed by atoms with Gasteiger partial charge in [-0.2, -0.15) is 0 Å². The van der Waals surface area contributed by atoms with Crippen molar-refractivity contribution in [2.45, 2.75) is 31.7 Å². The van der Waals surface area contributed by atoms with Crippen LogP contribution in [0.3, 0.4) is 0 Å². The van der Waals surface area contributed by atoms with Crippen LogP contribution in [0.2, 0.25) is 0 Å². The minimum atomic E-state index is -0.727. The van der Waals surface area contributed by atoms with E-state index in [2.05, 4.69) is 17.3 Å². The summed E-state index contributed by atoms with van der Waals surface area (Å²) < 4.78 is 0. The summed E-state index contributed by atoms with van der Waals surface area (Å²) in [4.78, 5) is 12.6. The molecule has 1 heterocycles. The standard InChI is InChI=1S/C10H20N2O2/c1-12-7-3-2-4-9(12)8-11-6-5-10(13)14/h9,11H,2-8H2,1H3,(H,13,14). The van der Waals surface area contributed by atoms with Crippen LogP contribution < -0.4 is 5.32 Å². The molecule has 0 aromatic rings. The van der Waals surface area contributed by atoms with Crippen LogP contribution in [0.1, 0.15) is 25.7 Å². The molecule has 0 aliphatic carbocycles. The quantitative estimate of drug-likeness (QED) is 0.636. The maximum absolute atomic E-state index is 10.3. The summed E-state index contributed by atoms with van der Waals surface area (Å²) in [7, 11) is 2.14. The molecule has 1 unspecified atom stereocenters. The number of likely N-dealkylation sites (N-methyl/N-ethyl adjacent to an activating group) is 1. The van der Waals surface area contributed by atoms with Gasteiger partial charge >= 0.3 is 5.97 Å². The van der Waals surface area contributed by atoms with Crippen LogP contribution in [-0.4, -0.2) is 48.7 Å². The summed E-state index contributed by atoms with van der Waals surface area (Å²) in [6.45, 7) is 2.68. The van der Waals surface area contributed by atoms with E-state index in [0.29, 0.717) is 12.6 Å². The van der Waals surface area contributed by atoms with Crippen LogP contribution in [0.4, 0.5) is 0 Å². The van der Waals surface area contributed by atoms with Crippen molar-refractivity contribution in [3.8, 4) is 0 Å². The Hall–Kier alpha value is -0.610. The summed E-state index contributed by atoms with van der Waals surface area (Å²) in [6, 6.07) is 0.595. The highest BCUT2D eigenvalue weighted by molar-refractivity contribution is 5.66. The van der Waals surface area contributed by atoms with Crippen molar-refractivity contribution < 1.29 is 9.90 Å². The van der Waals surface area contributed by atoms with E-state index in [1.807, 2.05) is 0 Å². The maximum Gasteiger partial charge on any atom is 0.304 e. The number of hydrogen-bond donors (Lipinski definition) is 2. The fourth-order valence-corrected chi connectivity index (χ4v) is 1.87. The third-order valence-corrected chi connectivity index (χ3v) is 2.82. The fraction of sp³-hybridized carbons (Fsp3) is 0.900. The largest absolute Gasteiger partial charge is 0.481 e. The molecule has 0 aromatic carbocycles. The van der Waals surface area contributed by atoms with Crippen LogP contribution in [0.5, 0.6) is 0 Å². The molecule has 4 nitrogen and oxygen atoms in total. The van der Waals surface area contributed by atoms with Gasteiger partial charge in [-0.25, -0.2) is 0 Å². The first-order chi connectivity index (χ1) is 6.70. The second-order valence-corrected chi connectivity index (χ2v) is 3.98. The number of nitrogens with zero attached hydrogens (tertiary/aromatic N) is 1. The Kier molecular flexibility index (Phi) is 4.90. The summed E-state index contributed by atoms with van der Waals surface area (Å²) >= 11 is 0. The Morgan fingerprint density at radius 2 is 2.36 bits per heavy atom. The monoisotopic (exact) mass is 200 g/mol. The van der Waals surface area contributed by atoms with Crippen molar-refractivity contribution in [3.63, 3.8) is 0 Å². The van der Waals surface area contributed by atoms with Crippen molar-refractivity contribution in [1.29, 1.82) is 0 Å². The Labute approximate surface area is 85.3 Å². The topological polar surface area (TPSA) is 52.6 Å². The van der Waals surface area contributed by atoms with Gasteiger partial charge in [0.2, 0.25) is 0 Å². The Bertz CT molecular complexity index is 185. The molecule has 14 heavy (non-hydrogen) atoms. The van der Waals surface area contributed by atoms with Crippen LogP contribution in [0, 0.1) is 0 Å². The fourth-order valence-electron chi connectivity index (χ4n) is 1.87. The predicted octanol–water partition coefficient (Wildman–Crippen LogP) is 0.535. The lowest BCUT2D eigenvalue weighted by Crippen LogP contribution is -2.43. The molecular weight excluding hydrogens is 180 g/mol. The van der Waals surface area contributed by atoms with Crippen molar-refractivity contribution in [2.24, 2.45) is 0 Å². The first-order valence-electron chi connectivity index (χ1n) is 5.33. The highest BCUT2D eigenvalue weighted by Crippen LogP contribution is 2.13. The van der Waals surface area contributed by atoms with E-state index in [0.717, 1.165) is 6.54 Å². The normalized spacial score (nSPS) is 23.6. The van der Waals surface area contributed by atoms with Gasteiger partial charge in [-0.15, -0.1) is 0 Å². The zero-order valence-electron chi connectivity index (χ0n) is 8.83. The van der Waals surface area contributed by atoms with Gasteiger partial charge in [0, 0.05) is 19.1 Å². The highest BCUT2D eigenvalue weighted by atomic mass is 16.4. The van der Waals surface area contributed by atoms with Crippen molar-refractivity contribution in [3.05, 3.63) is 0 Å². The predicted molar refractivity (Wildman–Crippen MR) is 55.4 cm³/mol. The summed E-state index contributed by atoms with van der Waals surface area (Å²) in [5.74, 6) is -0.727. The number of rotatable bonds is 5. The first-order valence-corrected chi connectivity index (χ1v) is 5.33. The van der Waals surface area contributed by atoms with Gasteiger partial charge < -0.3 is 15.3 Å². The average molecular weight is 200 g/mol. The van der Waals surface area contributed by atoms with E-state index >= 15 is 0 Å². The molecule has 0 amide bonds. The zero-order valence-corrected chi connectivity index (χ0v) is 8.83. The Morgan fingerprint density at radius 3 is 3.00 bits per heavy atom. The van der Waals surface area contributed by atoms with Crippen LogP contribution in [-0.2, 0) is 4.79 Å². The Morgan fingerprint density at radius 1 is 1.57 bits per heavy atom. The van der Waals surface area contributed by atoms with Crippen LogP contribution >= 0.6 is 0 Å². The van der Waals surface area contributed by atoms with E-state index in [1.165, 1.54) is 25.8 Å². The molecular formula is C10H20N2O2. The molecule has 1 aliphatic heterocycles. The van der Waals surface area contributed by atoms with E-state index in [-0.39, 0.29) is 6.42 Å². The number of nitrogens with one attached hydrogen (secondary N) is 1. The van der Waals surface area contributed by atoms with E-state index < -0.39 is 5.97 Å². The smallest absolute Gasteiger partial charge is 0.304 e. The molecule has 1 aliphatic rings. The third-order valence-electron chi connectivity index (χ3n) is 2.82. The molecule has 4 heteroatoms. The average Bonchev–Trinajstić information content (AvgIpc) is 2.15. The van der Waals surface area contributed by atoms with E-state index in [1.54, 1.807) is 0 Å². The van der Waals surface area contributed by atoms with Gasteiger partial charge in [-0.1, -0.05) is 6.42 Å². The van der Waals surface area contributed by atoms with Crippen molar-refractivity contribution in [2.75, 3.05) is 26.7 Å². The molecule has 82 valence electrons. The molecule has 0 spiro atoms. The number of carbonyl (C=O) groups is 1. The van der Waals surface area contributed by atoms with Crippen molar-refractivity contribution in [1.82, 2.24) is 10.2 Å². The minimum absolute atomic E-state index is 0.219. The Balaban J connectivity index is 2.07. The number of carboxylic acid groups (broad SMARTS) is 1. The lowest BCUT2D eigenvalue weighted by Gasteiger charge is -2.32. The third kappa shape index (κ3) is 4.07. The number of likely N-dealkylation sites (tertiary alicyclic amines) is 1. The molecule has 0 saturated carbocycles. The molecule has 0 aromatic heterocycles.